The first kappa shape index (κ1) is 14.3. The van der Waals surface area contributed by atoms with E-state index in [9.17, 15) is 9.59 Å². The van der Waals surface area contributed by atoms with E-state index >= 15 is 0 Å². The first-order chi connectivity index (χ1) is 10.6. The SMILES string of the molecule is COC(=O)c1cc(C(=O)c2ccc(Cl)cc2)n2ccnc2c1. The molecule has 2 aromatic heterocycles. The largest absolute Gasteiger partial charge is 0.465 e. The highest BCUT2D eigenvalue weighted by Crippen LogP contribution is 2.17. The Hall–Kier alpha value is -2.66. The van der Waals surface area contributed by atoms with Crippen molar-refractivity contribution in [1.29, 1.82) is 0 Å². The van der Waals surface area contributed by atoms with Crippen LogP contribution in [0.5, 0.6) is 0 Å². The average Bonchev–Trinajstić information content (AvgIpc) is 3.01. The Morgan fingerprint density at radius 2 is 1.86 bits per heavy atom. The van der Waals surface area contributed by atoms with Crippen molar-refractivity contribution in [3.05, 3.63) is 70.6 Å². The van der Waals surface area contributed by atoms with Gasteiger partial charge in [-0.3, -0.25) is 9.20 Å². The molecule has 6 heteroatoms. The summed E-state index contributed by atoms with van der Waals surface area (Å²) in [5, 5.41) is 0.549. The molecule has 0 aliphatic carbocycles. The molecular weight excluding hydrogens is 304 g/mol. The number of aromatic nitrogens is 2. The molecule has 0 aliphatic heterocycles. The quantitative estimate of drug-likeness (QED) is 0.551. The molecule has 0 unspecified atom stereocenters. The Labute approximate surface area is 131 Å². The molecule has 0 saturated carbocycles. The molecule has 2 heterocycles. The number of hydrogen-bond donors (Lipinski definition) is 0. The minimum Gasteiger partial charge on any atom is -0.465 e. The highest BCUT2D eigenvalue weighted by molar-refractivity contribution is 6.30. The van der Waals surface area contributed by atoms with Gasteiger partial charge in [-0.2, -0.15) is 0 Å². The van der Waals surface area contributed by atoms with Crippen LogP contribution in [0.4, 0.5) is 0 Å². The molecule has 0 amide bonds. The van der Waals surface area contributed by atoms with Gasteiger partial charge in [0.2, 0.25) is 5.78 Å². The molecule has 1 aromatic carbocycles. The maximum Gasteiger partial charge on any atom is 0.338 e. The van der Waals surface area contributed by atoms with E-state index in [1.54, 1.807) is 47.1 Å². The fourth-order valence-corrected chi connectivity index (χ4v) is 2.31. The van der Waals surface area contributed by atoms with Crippen LogP contribution in [-0.2, 0) is 4.74 Å². The molecule has 0 bridgehead atoms. The third kappa shape index (κ3) is 2.46. The number of benzene rings is 1. The fraction of sp³-hybridized carbons (Fsp3) is 0.0625. The number of imidazole rings is 1. The lowest BCUT2D eigenvalue weighted by Crippen LogP contribution is -2.11. The zero-order valence-corrected chi connectivity index (χ0v) is 12.4. The molecule has 0 saturated heterocycles. The van der Waals surface area contributed by atoms with Gasteiger partial charge >= 0.3 is 5.97 Å². The summed E-state index contributed by atoms with van der Waals surface area (Å²) in [6.07, 6.45) is 3.23. The van der Waals surface area contributed by atoms with E-state index in [1.165, 1.54) is 13.2 Å². The van der Waals surface area contributed by atoms with Crippen LogP contribution >= 0.6 is 11.6 Å². The van der Waals surface area contributed by atoms with Gasteiger partial charge in [0.1, 0.15) is 5.65 Å². The summed E-state index contributed by atoms with van der Waals surface area (Å²) in [6, 6.07) is 9.63. The lowest BCUT2D eigenvalue weighted by atomic mass is 10.1. The Kier molecular flexibility index (Phi) is 3.65. The van der Waals surface area contributed by atoms with Crippen molar-refractivity contribution in [1.82, 2.24) is 9.38 Å². The lowest BCUT2D eigenvalue weighted by molar-refractivity contribution is 0.0600. The number of fused-ring (bicyclic) bond motifs is 1. The summed E-state index contributed by atoms with van der Waals surface area (Å²) >= 11 is 5.84. The van der Waals surface area contributed by atoms with Gasteiger partial charge in [-0.25, -0.2) is 9.78 Å². The number of esters is 1. The molecule has 3 aromatic rings. The summed E-state index contributed by atoms with van der Waals surface area (Å²) in [6.45, 7) is 0. The Balaban J connectivity index is 2.16. The first-order valence-electron chi connectivity index (χ1n) is 6.46. The van der Waals surface area contributed by atoms with Crippen LogP contribution in [0.3, 0.4) is 0 Å². The van der Waals surface area contributed by atoms with E-state index < -0.39 is 5.97 Å². The summed E-state index contributed by atoms with van der Waals surface area (Å²) in [5.41, 5.74) is 1.58. The van der Waals surface area contributed by atoms with Crippen molar-refractivity contribution in [3.8, 4) is 0 Å². The lowest BCUT2D eigenvalue weighted by Gasteiger charge is -2.08. The topological polar surface area (TPSA) is 60.7 Å². The highest BCUT2D eigenvalue weighted by Gasteiger charge is 2.17. The van der Waals surface area contributed by atoms with E-state index in [2.05, 4.69) is 4.98 Å². The number of ether oxygens (including phenoxy) is 1. The van der Waals surface area contributed by atoms with Gasteiger partial charge in [0.05, 0.1) is 18.4 Å². The number of methoxy groups -OCH3 is 1. The monoisotopic (exact) mass is 314 g/mol. The van der Waals surface area contributed by atoms with Gasteiger partial charge in [0, 0.05) is 23.0 Å². The van der Waals surface area contributed by atoms with Crippen LogP contribution in [0.2, 0.25) is 5.02 Å². The second kappa shape index (κ2) is 5.61. The minimum absolute atomic E-state index is 0.231. The maximum absolute atomic E-state index is 12.7. The Morgan fingerprint density at radius 3 is 2.55 bits per heavy atom. The number of carbonyl (C=O) groups is 2. The Morgan fingerprint density at radius 1 is 1.14 bits per heavy atom. The van der Waals surface area contributed by atoms with Gasteiger partial charge in [0.15, 0.2) is 0 Å². The van der Waals surface area contributed by atoms with Crippen molar-refractivity contribution < 1.29 is 14.3 Å². The molecule has 5 nitrogen and oxygen atoms in total. The predicted octanol–water partition coefficient (Wildman–Crippen LogP) is 3.01. The van der Waals surface area contributed by atoms with E-state index in [0.29, 0.717) is 21.9 Å². The van der Waals surface area contributed by atoms with Gasteiger partial charge in [-0.05, 0) is 36.4 Å². The van der Waals surface area contributed by atoms with E-state index in [0.717, 1.165) is 0 Å². The normalized spacial score (nSPS) is 10.6. The van der Waals surface area contributed by atoms with Crippen molar-refractivity contribution in [3.63, 3.8) is 0 Å². The van der Waals surface area contributed by atoms with E-state index in [1.807, 2.05) is 0 Å². The summed E-state index contributed by atoms with van der Waals surface area (Å²) < 4.78 is 6.34. The molecule has 3 rings (SSSR count). The van der Waals surface area contributed by atoms with E-state index in [-0.39, 0.29) is 11.3 Å². The molecule has 0 radical (unpaired) electrons. The third-order valence-corrected chi connectivity index (χ3v) is 3.52. The maximum atomic E-state index is 12.7. The van der Waals surface area contributed by atoms with Crippen LogP contribution in [-0.4, -0.2) is 28.2 Å². The number of nitrogens with zero attached hydrogens (tertiary/aromatic N) is 2. The molecule has 22 heavy (non-hydrogen) atoms. The second-order valence-corrected chi connectivity index (χ2v) is 5.05. The van der Waals surface area contributed by atoms with Crippen molar-refractivity contribution >= 4 is 29.0 Å². The summed E-state index contributed by atoms with van der Waals surface area (Å²) in [7, 11) is 1.29. The predicted molar refractivity (Wildman–Crippen MR) is 81.4 cm³/mol. The van der Waals surface area contributed by atoms with Gasteiger partial charge in [0.25, 0.3) is 0 Å². The number of ketones is 1. The zero-order chi connectivity index (χ0) is 15.7. The minimum atomic E-state index is -0.518. The Bertz CT molecular complexity index is 869. The first-order valence-corrected chi connectivity index (χ1v) is 6.83. The molecular formula is C16H11ClN2O3. The van der Waals surface area contributed by atoms with Crippen LogP contribution in [0.15, 0.2) is 48.8 Å². The molecule has 110 valence electrons. The average molecular weight is 315 g/mol. The molecule has 0 atom stereocenters. The van der Waals surface area contributed by atoms with Crippen LogP contribution < -0.4 is 0 Å². The summed E-state index contributed by atoms with van der Waals surface area (Å²) in [4.78, 5) is 28.6. The third-order valence-electron chi connectivity index (χ3n) is 3.27. The molecule has 0 spiro atoms. The molecule has 0 fully saturated rings. The van der Waals surface area contributed by atoms with E-state index in [4.69, 9.17) is 16.3 Å². The molecule has 0 N–H and O–H groups in total. The summed E-state index contributed by atoms with van der Waals surface area (Å²) in [5.74, 6) is -0.749. The highest BCUT2D eigenvalue weighted by atomic mass is 35.5. The number of pyridine rings is 1. The molecule has 0 aliphatic rings. The standard InChI is InChI=1S/C16H11ClN2O3/c1-22-16(21)11-8-13(19-7-6-18-14(19)9-11)15(20)10-2-4-12(17)5-3-10/h2-9H,1H3. The number of hydrogen-bond acceptors (Lipinski definition) is 4. The van der Waals surface area contributed by atoms with Gasteiger partial charge < -0.3 is 4.74 Å². The van der Waals surface area contributed by atoms with Crippen LogP contribution in [0.25, 0.3) is 5.65 Å². The number of carbonyl (C=O) groups excluding carboxylic acids is 2. The van der Waals surface area contributed by atoms with Crippen molar-refractivity contribution in [2.24, 2.45) is 0 Å². The van der Waals surface area contributed by atoms with Gasteiger partial charge in [-0.1, -0.05) is 11.6 Å². The smallest absolute Gasteiger partial charge is 0.338 e. The van der Waals surface area contributed by atoms with Crippen molar-refractivity contribution in [2.45, 2.75) is 0 Å². The van der Waals surface area contributed by atoms with Crippen LogP contribution in [0, 0.1) is 0 Å². The van der Waals surface area contributed by atoms with Gasteiger partial charge in [-0.15, -0.1) is 0 Å². The zero-order valence-electron chi connectivity index (χ0n) is 11.6. The fourth-order valence-electron chi connectivity index (χ4n) is 2.18. The number of rotatable bonds is 3. The second-order valence-electron chi connectivity index (χ2n) is 4.61. The number of halogens is 1. The van der Waals surface area contributed by atoms with Crippen LogP contribution in [0.1, 0.15) is 26.4 Å². The van der Waals surface area contributed by atoms with Crippen molar-refractivity contribution in [2.75, 3.05) is 7.11 Å².